The van der Waals surface area contributed by atoms with Crippen molar-refractivity contribution in [3.05, 3.63) is 0 Å². The number of carbonyl (C=O) groups is 1. The van der Waals surface area contributed by atoms with E-state index in [0.717, 1.165) is 12.8 Å². The molecule has 1 aliphatic rings. The highest BCUT2D eigenvalue weighted by Crippen LogP contribution is 2.19. The Balaban J connectivity index is 2.67. The van der Waals surface area contributed by atoms with Crippen molar-refractivity contribution < 1.29 is 17.9 Å². The van der Waals surface area contributed by atoms with Crippen molar-refractivity contribution in [2.45, 2.75) is 45.3 Å². The van der Waals surface area contributed by atoms with Gasteiger partial charge in [-0.25, -0.2) is 17.5 Å². The summed E-state index contributed by atoms with van der Waals surface area (Å²) in [5.41, 5.74) is -0.535. The van der Waals surface area contributed by atoms with E-state index in [-0.39, 0.29) is 12.1 Å². The van der Waals surface area contributed by atoms with E-state index in [0.29, 0.717) is 13.1 Å². The third-order valence-corrected chi connectivity index (χ3v) is 4.43. The molecule has 112 valence electrons. The van der Waals surface area contributed by atoms with Crippen molar-refractivity contribution in [3.8, 4) is 0 Å². The molecule has 0 N–H and O–H groups in total. The van der Waals surface area contributed by atoms with E-state index in [1.54, 1.807) is 11.9 Å². The fourth-order valence-corrected chi connectivity index (χ4v) is 2.73. The van der Waals surface area contributed by atoms with Gasteiger partial charge in [0.25, 0.3) is 0 Å². The zero-order chi connectivity index (χ0) is 14.8. The molecular formula is C12H24N2O4S. The quantitative estimate of drug-likeness (QED) is 0.769. The van der Waals surface area contributed by atoms with Gasteiger partial charge in [-0.05, 0) is 33.6 Å². The Morgan fingerprint density at radius 1 is 1.37 bits per heavy atom. The first-order valence-electron chi connectivity index (χ1n) is 6.41. The first kappa shape index (κ1) is 16.2. The summed E-state index contributed by atoms with van der Waals surface area (Å²) < 4.78 is 29.7. The Morgan fingerprint density at radius 2 is 1.95 bits per heavy atom. The van der Waals surface area contributed by atoms with E-state index in [4.69, 9.17) is 4.74 Å². The third-order valence-electron chi connectivity index (χ3n) is 3.09. The van der Waals surface area contributed by atoms with Gasteiger partial charge in [-0.1, -0.05) is 0 Å². The number of sulfonamides is 1. The Kier molecular flexibility index (Phi) is 4.84. The van der Waals surface area contributed by atoms with Crippen LogP contribution in [0.15, 0.2) is 0 Å². The predicted octanol–water partition coefficient (Wildman–Crippen LogP) is 1.28. The largest absolute Gasteiger partial charge is 0.444 e. The van der Waals surface area contributed by atoms with Crippen LogP contribution in [0.3, 0.4) is 0 Å². The van der Waals surface area contributed by atoms with Gasteiger partial charge < -0.3 is 9.64 Å². The Morgan fingerprint density at radius 3 is 2.42 bits per heavy atom. The Bertz CT molecular complexity index is 428. The summed E-state index contributed by atoms with van der Waals surface area (Å²) in [6, 6.07) is -0.170. The number of amides is 1. The molecule has 0 spiro atoms. The molecule has 1 saturated heterocycles. The highest BCUT2D eigenvalue weighted by atomic mass is 32.2. The lowest BCUT2D eigenvalue weighted by molar-refractivity contribution is 0.0163. The zero-order valence-corrected chi connectivity index (χ0v) is 13.2. The molecule has 1 heterocycles. The van der Waals surface area contributed by atoms with Gasteiger partial charge in [0.1, 0.15) is 5.60 Å². The van der Waals surface area contributed by atoms with Gasteiger partial charge in [0.05, 0.1) is 6.26 Å². The zero-order valence-electron chi connectivity index (χ0n) is 12.3. The molecule has 0 radical (unpaired) electrons. The standard InChI is InChI=1S/C12H24N2O4S/c1-12(2,3)18-11(15)14-8-6-7-10(9-14)13(4)19(5,16)17/h10H,6-9H2,1-5H3. The number of likely N-dealkylation sites (tertiary alicyclic amines) is 1. The van der Waals surface area contributed by atoms with Gasteiger partial charge >= 0.3 is 6.09 Å². The van der Waals surface area contributed by atoms with Crippen LogP contribution in [0.5, 0.6) is 0 Å². The van der Waals surface area contributed by atoms with Crippen LogP contribution in [-0.4, -0.2) is 61.8 Å². The number of piperidine rings is 1. The van der Waals surface area contributed by atoms with Gasteiger partial charge in [0, 0.05) is 26.2 Å². The van der Waals surface area contributed by atoms with Crippen molar-refractivity contribution in [2.75, 3.05) is 26.4 Å². The van der Waals surface area contributed by atoms with E-state index in [1.807, 2.05) is 20.8 Å². The highest BCUT2D eigenvalue weighted by Gasteiger charge is 2.31. The summed E-state index contributed by atoms with van der Waals surface area (Å²) in [6.45, 7) is 6.44. The molecule has 7 heteroatoms. The molecule has 0 bridgehead atoms. The highest BCUT2D eigenvalue weighted by molar-refractivity contribution is 7.88. The summed E-state index contributed by atoms with van der Waals surface area (Å²) in [5.74, 6) is 0. The molecule has 0 aromatic carbocycles. The van der Waals surface area contributed by atoms with E-state index < -0.39 is 15.6 Å². The van der Waals surface area contributed by atoms with Crippen LogP contribution < -0.4 is 0 Å². The van der Waals surface area contributed by atoms with Gasteiger partial charge in [-0.2, -0.15) is 0 Å². The second-order valence-electron chi connectivity index (χ2n) is 6.00. The van der Waals surface area contributed by atoms with Crippen LogP contribution >= 0.6 is 0 Å². The molecular weight excluding hydrogens is 268 g/mol. The van der Waals surface area contributed by atoms with Crippen molar-refractivity contribution in [2.24, 2.45) is 0 Å². The lowest BCUT2D eigenvalue weighted by atomic mass is 10.1. The maximum Gasteiger partial charge on any atom is 0.410 e. The molecule has 0 aromatic heterocycles. The first-order chi connectivity index (χ1) is 8.50. The van der Waals surface area contributed by atoms with Crippen LogP contribution in [-0.2, 0) is 14.8 Å². The Hall–Kier alpha value is -0.820. The molecule has 1 fully saturated rings. The minimum absolute atomic E-state index is 0.170. The number of carbonyl (C=O) groups excluding carboxylic acids is 1. The first-order valence-corrected chi connectivity index (χ1v) is 8.26. The number of ether oxygens (including phenoxy) is 1. The molecule has 1 aliphatic heterocycles. The topological polar surface area (TPSA) is 66.9 Å². The van der Waals surface area contributed by atoms with Crippen LogP contribution in [0.25, 0.3) is 0 Å². The normalized spacial score (nSPS) is 21.6. The number of hydrogen-bond acceptors (Lipinski definition) is 4. The van der Waals surface area contributed by atoms with E-state index >= 15 is 0 Å². The summed E-state index contributed by atoms with van der Waals surface area (Å²) in [4.78, 5) is 13.6. The maximum absolute atomic E-state index is 12.0. The van der Waals surface area contributed by atoms with Crippen molar-refractivity contribution >= 4 is 16.1 Å². The number of likely N-dealkylation sites (N-methyl/N-ethyl adjacent to an activating group) is 1. The molecule has 6 nitrogen and oxygen atoms in total. The molecule has 1 unspecified atom stereocenters. The molecule has 19 heavy (non-hydrogen) atoms. The van der Waals surface area contributed by atoms with Crippen molar-refractivity contribution in [3.63, 3.8) is 0 Å². The fourth-order valence-electron chi connectivity index (χ4n) is 2.01. The lowest BCUT2D eigenvalue weighted by Crippen LogP contribution is -2.51. The van der Waals surface area contributed by atoms with Gasteiger partial charge in [0.15, 0.2) is 0 Å². The molecule has 0 aliphatic carbocycles. The van der Waals surface area contributed by atoms with Gasteiger partial charge in [0.2, 0.25) is 10.0 Å². The van der Waals surface area contributed by atoms with E-state index in [1.165, 1.54) is 10.6 Å². The second kappa shape index (κ2) is 5.66. The summed E-state index contributed by atoms with van der Waals surface area (Å²) in [5, 5.41) is 0. The van der Waals surface area contributed by atoms with E-state index in [9.17, 15) is 13.2 Å². The second-order valence-corrected chi connectivity index (χ2v) is 8.04. The molecule has 1 atom stereocenters. The minimum atomic E-state index is -3.23. The van der Waals surface area contributed by atoms with Crippen LogP contribution in [0.1, 0.15) is 33.6 Å². The van der Waals surface area contributed by atoms with E-state index in [2.05, 4.69) is 0 Å². The van der Waals surface area contributed by atoms with Crippen LogP contribution in [0.2, 0.25) is 0 Å². The number of rotatable bonds is 2. The molecule has 0 aromatic rings. The third kappa shape index (κ3) is 4.99. The Labute approximate surface area is 115 Å². The lowest BCUT2D eigenvalue weighted by Gasteiger charge is -2.37. The monoisotopic (exact) mass is 292 g/mol. The summed E-state index contributed by atoms with van der Waals surface area (Å²) in [7, 11) is -1.68. The van der Waals surface area contributed by atoms with Gasteiger partial charge in [-0.3, -0.25) is 0 Å². The summed E-state index contributed by atoms with van der Waals surface area (Å²) >= 11 is 0. The molecule has 1 rings (SSSR count). The van der Waals surface area contributed by atoms with Gasteiger partial charge in [-0.15, -0.1) is 0 Å². The van der Waals surface area contributed by atoms with Crippen molar-refractivity contribution in [1.82, 2.24) is 9.21 Å². The molecule has 0 saturated carbocycles. The summed E-state index contributed by atoms with van der Waals surface area (Å²) in [6.07, 6.45) is 2.35. The van der Waals surface area contributed by atoms with Crippen LogP contribution in [0, 0.1) is 0 Å². The SMILES string of the molecule is CN(C1CCCN(C(=O)OC(C)(C)C)C1)S(C)(=O)=O. The average molecular weight is 292 g/mol. The average Bonchev–Trinajstić information content (AvgIpc) is 2.24. The van der Waals surface area contributed by atoms with Crippen LogP contribution in [0.4, 0.5) is 4.79 Å². The maximum atomic E-state index is 12.0. The predicted molar refractivity (Wildman–Crippen MR) is 73.4 cm³/mol. The minimum Gasteiger partial charge on any atom is -0.444 e. The molecule has 1 amide bonds. The fraction of sp³-hybridized carbons (Fsp3) is 0.917. The number of hydrogen-bond donors (Lipinski definition) is 0. The van der Waals surface area contributed by atoms with Crippen molar-refractivity contribution in [1.29, 1.82) is 0 Å². The number of nitrogens with zero attached hydrogens (tertiary/aromatic N) is 2. The smallest absolute Gasteiger partial charge is 0.410 e.